The second-order valence-corrected chi connectivity index (χ2v) is 8.67. The zero-order valence-electron chi connectivity index (χ0n) is 17.6. The van der Waals surface area contributed by atoms with Crippen molar-refractivity contribution >= 4 is 40.6 Å². The molecule has 0 bridgehead atoms. The summed E-state index contributed by atoms with van der Waals surface area (Å²) in [5, 5.41) is 15.4. The largest absolute Gasteiger partial charge is 2.00 e. The van der Waals surface area contributed by atoms with Gasteiger partial charge in [0, 0.05) is 9.75 Å². The number of hydrogen-bond acceptors (Lipinski definition) is 4. The zero-order chi connectivity index (χ0) is 21.1. The fourth-order valence-corrected chi connectivity index (χ4v) is 3.52. The van der Waals surface area contributed by atoms with E-state index in [-0.39, 0.29) is 43.4 Å². The van der Waals surface area contributed by atoms with Gasteiger partial charge in [0.1, 0.15) is 0 Å². The summed E-state index contributed by atoms with van der Waals surface area (Å²) in [6.45, 7) is 6.54. The maximum absolute atomic E-state index is 11.5. The van der Waals surface area contributed by atoms with E-state index in [9.17, 15) is 9.90 Å². The van der Waals surface area contributed by atoms with Crippen LogP contribution in [0.5, 0.6) is 0 Å². The first-order valence-corrected chi connectivity index (χ1v) is 11.1. The van der Waals surface area contributed by atoms with Crippen LogP contribution in [0.1, 0.15) is 40.6 Å². The fraction of sp³-hybridized carbons (Fsp3) is 0.160. The Morgan fingerprint density at radius 2 is 1.42 bits per heavy atom. The van der Waals surface area contributed by atoms with Gasteiger partial charge in [-0.15, -0.1) is 28.4 Å². The summed E-state index contributed by atoms with van der Waals surface area (Å²) in [5.41, 5.74) is 2.76. The fourth-order valence-electron chi connectivity index (χ4n) is 2.29. The normalized spacial score (nSPS) is 11.0. The zero-order valence-corrected chi connectivity index (χ0v) is 21.7. The molecular weight excluding hydrogens is 533 g/mol. The van der Waals surface area contributed by atoms with Gasteiger partial charge >= 0.3 is 19.5 Å². The molecule has 0 radical (unpaired) electrons. The van der Waals surface area contributed by atoms with E-state index in [2.05, 4.69) is 45.0 Å². The van der Waals surface area contributed by atoms with Gasteiger partial charge in [0.05, 0.1) is 0 Å². The van der Waals surface area contributed by atoms with Gasteiger partial charge in [0.25, 0.3) is 0 Å². The van der Waals surface area contributed by atoms with Crippen LogP contribution in [0, 0.1) is 6.92 Å². The van der Waals surface area contributed by atoms with Gasteiger partial charge in [-0.1, -0.05) is 61.9 Å². The van der Waals surface area contributed by atoms with Crippen LogP contribution >= 0.6 is 22.7 Å². The van der Waals surface area contributed by atoms with E-state index >= 15 is 0 Å². The minimum atomic E-state index is -0.297. The van der Waals surface area contributed by atoms with Crippen LogP contribution in [0.25, 0.3) is 12.2 Å². The van der Waals surface area contributed by atoms with Gasteiger partial charge in [-0.2, -0.15) is 0 Å². The van der Waals surface area contributed by atoms with Crippen molar-refractivity contribution < 1.29 is 41.8 Å². The molecule has 0 unspecified atom stereocenters. The second kappa shape index (κ2) is 15.9. The molecule has 0 fully saturated rings. The molecule has 0 N–H and O–H groups in total. The number of benzene rings is 1. The van der Waals surface area contributed by atoms with Crippen molar-refractivity contribution in [3.05, 3.63) is 104 Å². The van der Waals surface area contributed by atoms with Gasteiger partial charge in [-0.25, -0.2) is 0 Å². The van der Waals surface area contributed by atoms with E-state index in [1.165, 1.54) is 23.3 Å². The molecule has 0 spiro atoms. The van der Waals surface area contributed by atoms with Crippen LogP contribution in [-0.2, 0) is 24.3 Å². The van der Waals surface area contributed by atoms with Crippen LogP contribution in [0.15, 0.2) is 83.3 Å². The monoisotopic (exact) mass is 558 g/mol. The van der Waals surface area contributed by atoms with E-state index < -0.39 is 0 Å². The van der Waals surface area contributed by atoms with Crippen molar-refractivity contribution in [3.8, 4) is 0 Å². The SMILES string of the molecule is Cc1ccc(C(C)C)cc1.O=C(/C=C([O-])/C=C/c1cccs1)/C=C/c1cccs1.[Cl-].[Ru+2]. The first-order valence-electron chi connectivity index (χ1n) is 9.36. The third kappa shape index (κ3) is 12.0. The molecule has 3 aromatic rings. The van der Waals surface area contributed by atoms with Crippen molar-refractivity contribution in [1.82, 2.24) is 0 Å². The first-order chi connectivity index (χ1) is 13.9. The molecular formula is C25H25ClO2RuS2. The number of ketones is 1. The third-order valence-corrected chi connectivity index (χ3v) is 5.61. The number of hydrogen-bond donors (Lipinski definition) is 0. The van der Waals surface area contributed by atoms with Gasteiger partial charge in [-0.05, 0) is 65.6 Å². The Kier molecular flexibility index (Phi) is 15.0. The minimum Gasteiger partial charge on any atom is -1.00 e. The quantitative estimate of drug-likeness (QED) is 0.202. The summed E-state index contributed by atoms with van der Waals surface area (Å²) in [6.07, 6.45) is 7.32. The molecule has 6 heteroatoms. The van der Waals surface area contributed by atoms with Crippen molar-refractivity contribution in [1.29, 1.82) is 0 Å². The predicted molar refractivity (Wildman–Crippen MR) is 125 cm³/mol. The number of allylic oxidation sites excluding steroid dienone is 3. The number of rotatable bonds is 6. The Bertz CT molecular complexity index is 956. The average Bonchev–Trinajstić information content (AvgIpc) is 3.39. The van der Waals surface area contributed by atoms with E-state index in [1.807, 2.05) is 35.0 Å². The van der Waals surface area contributed by atoms with Crippen LogP contribution in [0.4, 0.5) is 0 Å². The topological polar surface area (TPSA) is 40.1 Å². The minimum absolute atomic E-state index is 0. The number of aryl methyl sites for hydroxylation is 1. The first kappa shape index (κ1) is 29.2. The van der Waals surface area contributed by atoms with E-state index in [4.69, 9.17) is 0 Å². The van der Waals surface area contributed by atoms with Crippen LogP contribution < -0.4 is 17.5 Å². The van der Waals surface area contributed by atoms with Gasteiger partial charge in [0.2, 0.25) is 0 Å². The molecule has 0 amide bonds. The number of halogens is 1. The molecule has 0 aliphatic carbocycles. The molecule has 0 aliphatic heterocycles. The Hall–Kier alpha value is -1.78. The van der Waals surface area contributed by atoms with Gasteiger partial charge in [-0.3, -0.25) is 4.79 Å². The van der Waals surface area contributed by atoms with Gasteiger partial charge < -0.3 is 17.5 Å². The molecule has 3 rings (SSSR count). The molecule has 0 saturated heterocycles. The number of carbonyl (C=O) groups is 1. The van der Waals surface area contributed by atoms with E-state index in [0.29, 0.717) is 5.92 Å². The van der Waals surface area contributed by atoms with E-state index in [1.54, 1.807) is 34.8 Å². The molecule has 164 valence electrons. The molecule has 2 nitrogen and oxygen atoms in total. The Morgan fingerprint density at radius 3 is 1.87 bits per heavy atom. The summed E-state index contributed by atoms with van der Waals surface area (Å²) in [6, 6.07) is 16.4. The summed E-state index contributed by atoms with van der Waals surface area (Å²) < 4.78 is 0. The average molecular weight is 558 g/mol. The van der Waals surface area contributed by atoms with Gasteiger partial charge in [0.15, 0.2) is 5.78 Å². The molecule has 2 heterocycles. The predicted octanol–water partition coefficient (Wildman–Crippen LogP) is 3.47. The standard InChI is InChI=1S/C15H12O2S2.C10H14.ClH.Ru/c16-12(5-7-14-3-1-9-18-14)11-13(17)6-8-15-4-2-10-19-15;1-8(2)10-6-4-9(3)5-7-10;;/h1-11,16H;4-8H,1-3H3;1H;/q;;;+2/p-2/b7-5+,8-6+,12-11-;;;. The summed E-state index contributed by atoms with van der Waals surface area (Å²) in [4.78, 5) is 13.5. The molecule has 0 aliphatic rings. The van der Waals surface area contributed by atoms with Crippen molar-refractivity contribution in [2.75, 3.05) is 0 Å². The Balaban J connectivity index is 0.000000643. The summed E-state index contributed by atoms with van der Waals surface area (Å²) >= 11 is 3.08. The number of carbonyl (C=O) groups excluding carboxylic acids is 1. The Labute approximate surface area is 212 Å². The molecule has 2 aromatic heterocycles. The molecule has 1 aromatic carbocycles. The van der Waals surface area contributed by atoms with Crippen molar-refractivity contribution in [2.24, 2.45) is 0 Å². The van der Waals surface area contributed by atoms with Crippen LogP contribution in [0.3, 0.4) is 0 Å². The van der Waals surface area contributed by atoms with Crippen molar-refractivity contribution in [3.63, 3.8) is 0 Å². The Morgan fingerprint density at radius 1 is 0.903 bits per heavy atom. The third-order valence-electron chi connectivity index (χ3n) is 3.94. The molecule has 0 atom stereocenters. The van der Waals surface area contributed by atoms with Crippen LogP contribution in [0.2, 0.25) is 0 Å². The van der Waals surface area contributed by atoms with E-state index in [0.717, 1.165) is 15.8 Å². The second-order valence-electron chi connectivity index (χ2n) is 6.71. The summed E-state index contributed by atoms with van der Waals surface area (Å²) in [7, 11) is 0. The maximum atomic E-state index is 11.5. The molecule has 0 saturated carbocycles. The number of thiophene rings is 2. The summed E-state index contributed by atoms with van der Waals surface area (Å²) in [5.74, 6) is 0.0593. The molecule has 31 heavy (non-hydrogen) atoms. The smallest absolute Gasteiger partial charge is 1.00 e. The van der Waals surface area contributed by atoms with Crippen LogP contribution in [-0.4, -0.2) is 5.78 Å². The van der Waals surface area contributed by atoms with Crippen molar-refractivity contribution in [2.45, 2.75) is 26.7 Å². The maximum Gasteiger partial charge on any atom is 2.00 e.